The Morgan fingerprint density at radius 3 is 2.65 bits per heavy atom. The summed E-state index contributed by atoms with van der Waals surface area (Å²) in [6, 6.07) is -0.797. The smallest absolute Gasteiger partial charge is 0.410 e. The van der Waals surface area contributed by atoms with Crippen molar-refractivity contribution in [3.05, 3.63) is 0 Å². The molecule has 17 heavy (non-hydrogen) atoms. The quantitative estimate of drug-likeness (QED) is 0.774. The van der Waals surface area contributed by atoms with Crippen molar-refractivity contribution in [3.8, 4) is 0 Å². The second-order valence-electron chi connectivity index (χ2n) is 4.50. The fraction of sp³-hybridized carbons (Fsp3) is 0.818. The number of hydrogen-bond acceptors (Lipinski definition) is 4. The van der Waals surface area contributed by atoms with Crippen molar-refractivity contribution in [3.63, 3.8) is 0 Å². The van der Waals surface area contributed by atoms with E-state index in [1.54, 1.807) is 0 Å². The van der Waals surface area contributed by atoms with Gasteiger partial charge in [-0.1, -0.05) is 6.92 Å². The minimum Gasteiger partial charge on any atom is -0.480 e. The molecule has 1 amide bonds. The van der Waals surface area contributed by atoms with Gasteiger partial charge >= 0.3 is 12.1 Å². The molecule has 6 nitrogen and oxygen atoms in total. The molecule has 96 valence electrons. The normalized spacial score (nSPS) is 27.2. The summed E-state index contributed by atoms with van der Waals surface area (Å²) in [5.41, 5.74) is 0. The molecule has 2 aliphatic rings. The molecule has 0 spiro atoms. The molecule has 1 N–H and O–H groups in total. The molecule has 0 aromatic carbocycles. The Bertz CT molecular complexity index is 313. The summed E-state index contributed by atoms with van der Waals surface area (Å²) < 4.78 is 4.84. The Kier molecular flexibility index (Phi) is 3.51. The molecule has 0 aromatic heterocycles. The van der Waals surface area contributed by atoms with Crippen LogP contribution >= 0.6 is 0 Å². The maximum atomic E-state index is 11.6. The van der Waals surface area contributed by atoms with Crippen molar-refractivity contribution in [1.82, 2.24) is 9.80 Å². The topological polar surface area (TPSA) is 70.1 Å². The highest BCUT2D eigenvalue weighted by Gasteiger charge is 2.42. The number of carbonyl (C=O) groups excluding carboxylic acids is 1. The van der Waals surface area contributed by atoms with Crippen molar-refractivity contribution in [2.45, 2.75) is 31.8 Å². The largest absolute Gasteiger partial charge is 0.480 e. The van der Waals surface area contributed by atoms with Gasteiger partial charge in [-0.05, 0) is 19.4 Å². The molecule has 0 aromatic rings. The fourth-order valence-electron chi connectivity index (χ4n) is 2.54. The highest BCUT2D eigenvalue weighted by Crippen LogP contribution is 2.23. The highest BCUT2D eigenvalue weighted by molar-refractivity contribution is 5.83. The van der Waals surface area contributed by atoms with Gasteiger partial charge in [0.2, 0.25) is 0 Å². The number of cyclic esters (lactones) is 1. The molecule has 6 heteroatoms. The molecule has 0 bridgehead atoms. The van der Waals surface area contributed by atoms with Gasteiger partial charge in [0.15, 0.2) is 6.04 Å². The first-order valence-electron chi connectivity index (χ1n) is 6.03. The third-order valence-electron chi connectivity index (χ3n) is 3.59. The van der Waals surface area contributed by atoms with Crippen molar-refractivity contribution in [2.75, 3.05) is 26.2 Å². The monoisotopic (exact) mass is 242 g/mol. The molecule has 1 atom stereocenters. The number of carbonyl (C=O) groups is 2. The van der Waals surface area contributed by atoms with Crippen LogP contribution in [0.5, 0.6) is 0 Å². The van der Waals surface area contributed by atoms with Crippen molar-refractivity contribution < 1.29 is 19.4 Å². The van der Waals surface area contributed by atoms with Gasteiger partial charge in [-0.2, -0.15) is 0 Å². The van der Waals surface area contributed by atoms with E-state index >= 15 is 0 Å². The maximum Gasteiger partial charge on any atom is 0.410 e. The lowest BCUT2D eigenvalue weighted by Gasteiger charge is -2.36. The van der Waals surface area contributed by atoms with E-state index < -0.39 is 18.1 Å². The first-order chi connectivity index (χ1) is 8.13. The predicted octanol–water partition coefficient (Wildman–Crippen LogP) is 0.376. The Hall–Kier alpha value is -1.30. The third kappa shape index (κ3) is 2.36. The Morgan fingerprint density at radius 2 is 2.12 bits per heavy atom. The molecule has 0 aliphatic carbocycles. The summed E-state index contributed by atoms with van der Waals surface area (Å²) in [6.45, 7) is 4.90. The Balaban J connectivity index is 2.01. The minimum atomic E-state index is -0.978. The Morgan fingerprint density at radius 1 is 1.47 bits per heavy atom. The van der Waals surface area contributed by atoms with Gasteiger partial charge in [-0.15, -0.1) is 0 Å². The third-order valence-corrected chi connectivity index (χ3v) is 3.59. The molecule has 0 saturated carbocycles. The highest BCUT2D eigenvalue weighted by atomic mass is 16.6. The number of hydrogen-bond donors (Lipinski definition) is 1. The number of nitrogens with zero attached hydrogens (tertiary/aromatic N) is 2. The van der Waals surface area contributed by atoms with Crippen LogP contribution in [0.3, 0.4) is 0 Å². The maximum absolute atomic E-state index is 11.6. The second kappa shape index (κ2) is 4.91. The van der Waals surface area contributed by atoms with E-state index in [0.717, 1.165) is 32.5 Å². The molecule has 0 radical (unpaired) electrons. The summed E-state index contributed by atoms with van der Waals surface area (Å²) in [5, 5.41) is 9.05. The molecule has 2 aliphatic heterocycles. The van der Waals surface area contributed by atoms with Crippen LogP contribution in [0.1, 0.15) is 19.8 Å². The summed E-state index contributed by atoms with van der Waals surface area (Å²) in [6.07, 6.45) is 1.17. The predicted molar refractivity (Wildman–Crippen MR) is 59.7 cm³/mol. The zero-order valence-corrected chi connectivity index (χ0v) is 9.96. The molecule has 2 fully saturated rings. The molecule has 2 saturated heterocycles. The van der Waals surface area contributed by atoms with Crippen LogP contribution in [0, 0.1) is 0 Å². The molecule has 1 unspecified atom stereocenters. The number of aliphatic carboxylic acids is 1. The lowest BCUT2D eigenvalue weighted by molar-refractivity contribution is -0.142. The number of likely N-dealkylation sites (tertiary alicyclic amines) is 1. The van der Waals surface area contributed by atoms with E-state index in [2.05, 4.69) is 11.8 Å². The number of ether oxygens (including phenoxy) is 1. The van der Waals surface area contributed by atoms with Gasteiger partial charge < -0.3 is 14.7 Å². The van der Waals surface area contributed by atoms with Crippen LogP contribution < -0.4 is 0 Å². The summed E-state index contributed by atoms with van der Waals surface area (Å²) in [4.78, 5) is 26.3. The first-order valence-corrected chi connectivity index (χ1v) is 6.03. The number of piperidine rings is 1. The molecular formula is C11H18N2O4. The molecular weight excluding hydrogens is 224 g/mol. The van der Waals surface area contributed by atoms with Crippen LogP contribution in [-0.2, 0) is 9.53 Å². The summed E-state index contributed by atoms with van der Waals surface area (Å²) >= 11 is 0. The summed E-state index contributed by atoms with van der Waals surface area (Å²) in [7, 11) is 0. The number of rotatable bonds is 3. The second-order valence-corrected chi connectivity index (χ2v) is 4.50. The van der Waals surface area contributed by atoms with Crippen molar-refractivity contribution in [2.24, 2.45) is 0 Å². The average Bonchev–Trinajstić information content (AvgIpc) is 2.71. The van der Waals surface area contributed by atoms with Gasteiger partial charge in [0.25, 0.3) is 0 Å². The van der Waals surface area contributed by atoms with E-state index in [-0.39, 0.29) is 12.6 Å². The van der Waals surface area contributed by atoms with Crippen LogP contribution in [0.25, 0.3) is 0 Å². The van der Waals surface area contributed by atoms with Crippen LogP contribution in [0.15, 0.2) is 0 Å². The fourth-order valence-corrected chi connectivity index (χ4v) is 2.54. The first kappa shape index (κ1) is 12.2. The average molecular weight is 242 g/mol. The van der Waals surface area contributed by atoms with Gasteiger partial charge in [0.1, 0.15) is 6.61 Å². The lowest BCUT2D eigenvalue weighted by atomic mass is 10.0. The van der Waals surface area contributed by atoms with Crippen LogP contribution in [-0.4, -0.2) is 65.3 Å². The standard InChI is InChI=1S/C11H18N2O4/c1-2-12-5-3-8(4-6-12)13-9(10(14)15)7-17-11(13)16/h8-9H,2-7H2,1H3,(H,14,15). The Labute approximate surface area is 100 Å². The van der Waals surface area contributed by atoms with Gasteiger partial charge in [0.05, 0.1) is 0 Å². The van der Waals surface area contributed by atoms with E-state index in [0.29, 0.717) is 0 Å². The number of carboxylic acids is 1. The van der Waals surface area contributed by atoms with Crippen LogP contribution in [0.4, 0.5) is 4.79 Å². The van der Waals surface area contributed by atoms with E-state index in [4.69, 9.17) is 9.84 Å². The van der Waals surface area contributed by atoms with Crippen molar-refractivity contribution in [1.29, 1.82) is 0 Å². The number of amides is 1. The molecule has 2 rings (SSSR count). The van der Waals surface area contributed by atoms with E-state index in [1.807, 2.05) is 0 Å². The minimum absolute atomic E-state index is 0.00824. The number of carboxylic acid groups (broad SMARTS) is 1. The zero-order valence-electron chi connectivity index (χ0n) is 9.96. The van der Waals surface area contributed by atoms with Crippen molar-refractivity contribution >= 4 is 12.1 Å². The van der Waals surface area contributed by atoms with Gasteiger partial charge in [-0.25, -0.2) is 9.59 Å². The van der Waals surface area contributed by atoms with Gasteiger partial charge in [0, 0.05) is 19.1 Å². The van der Waals surface area contributed by atoms with Crippen LogP contribution in [0.2, 0.25) is 0 Å². The SMILES string of the molecule is CCN1CCC(N2C(=O)OCC2C(=O)O)CC1. The zero-order chi connectivity index (χ0) is 12.4. The summed E-state index contributed by atoms with van der Waals surface area (Å²) in [5.74, 6) is -0.978. The molecule has 2 heterocycles. The van der Waals surface area contributed by atoms with Gasteiger partial charge in [-0.3, -0.25) is 4.90 Å². The van der Waals surface area contributed by atoms with E-state index in [9.17, 15) is 9.59 Å². The lowest BCUT2D eigenvalue weighted by Crippen LogP contribution is -2.50. The van der Waals surface area contributed by atoms with E-state index in [1.165, 1.54) is 4.90 Å².